The zero-order valence-electron chi connectivity index (χ0n) is 8.56. The van der Waals surface area contributed by atoms with Crippen LogP contribution in [0.3, 0.4) is 0 Å². The van der Waals surface area contributed by atoms with E-state index in [2.05, 4.69) is 15.9 Å². The van der Waals surface area contributed by atoms with Gasteiger partial charge in [0, 0.05) is 21.1 Å². The third kappa shape index (κ3) is 2.48. The van der Waals surface area contributed by atoms with Gasteiger partial charge in [-0.2, -0.15) is 0 Å². The van der Waals surface area contributed by atoms with Gasteiger partial charge in [0.25, 0.3) is 5.69 Å². The van der Waals surface area contributed by atoms with E-state index in [1.165, 1.54) is 6.07 Å². The van der Waals surface area contributed by atoms with Crippen LogP contribution >= 0.6 is 27.5 Å². The monoisotopic (exact) mass is 311 g/mol. The third-order valence-corrected chi connectivity index (χ3v) is 3.14. The van der Waals surface area contributed by atoms with Gasteiger partial charge >= 0.3 is 0 Å². The Morgan fingerprint density at radius 3 is 2.47 bits per heavy atom. The lowest BCUT2D eigenvalue weighted by Gasteiger charge is -2.05. The first-order valence-electron chi connectivity index (χ1n) is 4.78. The van der Waals surface area contributed by atoms with Crippen LogP contribution in [0.1, 0.15) is 0 Å². The molecule has 0 atom stereocenters. The van der Waals surface area contributed by atoms with Crippen molar-refractivity contribution < 1.29 is 4.92 Å². The molecule has 0 bridgehead atoms. The number of nitrogens with zero attached hydrogens (tertiary/aromatic N) is 1. The van der Waals surface area contributed by atoms with Crippen LogP contribution in [0, 0.1) is 10.1 Å². The normalized spacial score (nSPS) is 10.2. The minimum atomic E-state index is -0.413. The summed E-state index contributed by atoms with van der Waals surface area (Å²) in [5.74, 6) is 0. The number of hydrogen-bond donors (Lipinski definition) is 0. The number of rotatable bonds is 2. The minimum absolute atomic E-state index is 0.0347. The van der Waals surface area contributed by atoms with Crippen LogP contribution in [0.25, 0.3) is 11.1 Å². The lowest BCUT2D eigenvalue weighted by atomic mass is 10.0. The molecule has 2 aromatic carbocycles. The van der Waals surface area contributed by atoms with Crippen molar-refractivity contribution in [3.63, 3.8) is 0 Å². The van der Waals surface area contributed by atoms with Gasteiger partial charge in [0.05, 0.1) is 10.5 Å². The van der Waals surface area contributed by atoms with Gasteiger partial charge in [-0.1, -0.05) is 45.7 Å². The van der Waals surface area contributed by atoms with E-state index >= 15 is 0 Å². The van der Waals surface area contributed by atoms with Crippen molar-refractivity contribution >= 4 is 33.2 Å². The van der Waals surface area contributed by atoms with E-state index < -0.39 is 4.92 Å². The maximum absolute atomic E-state index is 11.0. The highest BCUT2D eigenvalue weighted by Crippen LogP contribution is 2.35. The van der Waals surface area contributed by atoms with Crippen LogP contribution in [0.4, 0.5) is 5.69 Å². The summed E-state index contributed by atoms with van der Waals surface area (Å²) in [6.45, 7) is 0. The van der Waals surface area contributed by atoms with E-state index in [9.17, 15) is 10.1 Å². The second-order valence-electron chi connectivity index (χ2n) is 3.40. The van der Waals surface area contributed by atoms with E-state index in [1.54, 1.807) is 36.4 Å². The van der Waals surface area contributed by atoms with Crippen LogP contribution in [-0.4, -0.2) is 4.92 Å². The molecule has 3 nitrogen and oxygen atoms in total. The maximum atomic E-state index is 11.0. The molecule has 0 N–H and O–H groups in total. The van der Waals surface area contributed by atoms with Gasteiger partial charge in [-0.25, -0.2) is 0 Å². The molecule has 17 heavy (non-hydrogen) atoms. The highest BCUT2D eigenvalue weighted by molar-refractivity contribution is 9.10. The van der Waals surface area contributed by atoms with Crippen LogP contribution in [-0.2, 0) is 0 Å². The first-order chi connectivity index (χ1) is 8.09. The highest BCUT2D eigenvalue weighted by Gasteiger charge is 2.17. The van der Waals surface area contributed by atoms with Crippen molar-refractivity contribution in [1.82, 2.24) is 0 Å². The van der Waals surface area contributed by atoms with Gasteiger partial charge < -0.3 is 0 Å². The van der Waals surface area contributed by atoms with E-state index in [0.717, 1.165) is 0 Å². The Labute approximate surface area is 111 Å². The maximum Gasteiger partial charge on any atom is 0.278 e. The lowest BCUT2D eigenvalue weighted by molar-refractivity contribution is -0.384. The summed E-state index contributed by atoms with van der Waals surface area (Å²) in [4.78, 5) is 10.6. The Morgan fingerprint density at radius 2 is 1.82 bits per heavy atom. The molecule has 0 saturated heterocycles. The standard InChI is InChI=1S/C12H7BrClNO2/c13-8-5-6-10(12(7-8)15(16)17)9-3-1-2-4-11(9)14/h1-7H. The third-order valence-electron chi connectivity index (χ3n) is 2.32. The largest absolute Gasteiger partial charge is 0.278 e. The van der Waals surface area contributed by atoms with Gasteiger partial charge in [0.1, 0.15) is 0 Å². The first kappa shape index (κ1) is 12.1. The predicted octanol–water partition coefficient (Wildman–Crippen LogP) is 4.68. The molecule has 5 heteroatoms. The number of halogens is 2. The Hall–Kier alpha value is -1.39. The molecule has 0 saturated carbocycles. The SMILES string of the molecule is O=[N+]([O-])c1cc(Br)ccc1-c1ccccc1Cl. The topological polar surface area (TPSA) is 43.1 Å². The number of nitro benzene ring substituents is 1. The summed E-state index contributed by atoms with van der Waals surface area (Å²) >= 11 is 9.26. The molecule has 0 aliphatic rings. The molecule has 0 aliphatic heterocycles. The molecule has 0 heterocycles. The van der Waals surface area contributed by atoms with Crippen molar-refractivity contribution in [2.75, 3.05) is 0 Å². The fourth-order valence-electron chi connectivity index (χ4n) is 1.56. The Morgan fingerprint density at radius 1 is 1.12 bits per heavy atom. The smallest absolute Gasteiger partial charge is 0.258 e. The second-order valence-corrected chi connectivity index (χ2v) is 4.72. The van der Waals surface area contributed by atoms with Gasteiger partial charge in [-0.3, -0.25) is 10.1 Å². The van der Waals surface area contributed by atoms with Gasteiger partial charge in [-0.15, -0.1) is 0 Å². The quantitative estimate of drug-likeness (QED) is 0.597. The van der Waals surface area contributed by atoms with E-state index in [-0.39, 0.29) is 5.69 Å². The van der Waals surface area contributed by atoms with Crippen molar-refractivity contribution in [3.05, 3.63) is 62.1 Å². The van der Waals surface area contributed by atoms with Crippen LogP contribution in [0.5, 0.6) is 0 Å². The molecular weight excluding hydrogens is 305 g/mol. The average Bonchev–Trinajstić information content (AvgIpc) is 2.30. The molecule has 0 aliphatic carbocycles. The Bertz CT molecular complexity index is 586. The zero-order chi connectivity index (χ0) is 12.4. The average molecular weight is 313 g/mol. The van der Waals surface area contributed by atoms with Crippen molar-refractivity contribution in [2.45, 2.75) is 0 Å². The number of nitro groups is 1. The zero-order valence-corrected chi connectivity index (χ0v) is 10.9. The fourth-order valence-corrected chi connectivity index (χ4v) is 2.15. The second kappa shape index (κ2) is 4.85. The minimum Gasteiger partial charge on any atom is -0.258 e. The molecule has 86 valence electrons. The van der Waals surface area contributed by atoms with E-state index in [1.807, 2.05) is 0 Å². The predicted molar refractivity (Wildman–Crippen MR) is 71.2 cm³/mol. The van der Waals surface area contributed by atoms with Gasteiger partial charge in [0.15, 0.2) is 0 Å². The van der Waals surface area contributed by atoms with Gasteiger partial charge in [0.2, 0.25) is 0 Å². The van der Waals surface area contributed by atoms with Crippen LogP contribution < -0.4 is 0 Å². The molecule has 0 fully saturated rings. The van der Waals surface area contributed by atoms with Gasteiger partial charge in [-0.05, 0) is 18.2 Å². The summed E-state index contributed by atoms with van der Waals surface area (Å²) < 4.78 is 0.667. The molecule has 0 spiro atoms. The molecule has 2 rings (SSSR count). The molecule has 0 radical (unpaired) electrons. The molecule has 0 aromatic heterocycles. The first-order valence-corrected chi connectivity index (χ1v) is 5.95. The summed E-state index contributed by atoms with van der Waals surface area (Å²) in [5.41, 5.74) is 1.21. The molecule has 0 unspecified atom stereocenters. The van der Waals surface area contributed by atoms with Crippen LogP contribution in [0.15, 0.2) is 46.9 Å². The number of hydrogen-bond acceptors (Lipinski definition) is 2. The fraction of sp³-hybridized carbons (Fsp3) is 0. The highest BCUT2D eigenvalue weighted by atomic mass is 79.9. The summed E-state index contributed by atoms with van der Waals surface area (Å²) in [7, 11) is 0. The van der Waals surface area contributed by atoms with Crippen LogP contribution in [0.2, 0.25) is 5.02 Å². The lowest BCUT2D eigenvalue weighted by Crippen LogP contribution is -1.92. The molecule has 0 amide bonds. The number of benzene rings is 2. The van der Waals surface area contributed by atoms with Crippen molar-refractivity contribution in [1.29, 1.82) is 0 Å². The van der Waals surface area contributed by atoms with E-state index in [0.29, 0.717) is 20.6 Å². The molecule has 2 aromatic rings. The Balaban J connectivity index is 2.68. The van der Waals surface area contributed by atoms with E-state index in [4.69, 9.17) is 11.6 Å². The summed E-state index contributed by atoms with van der Waals surface area (Å²) in [6, 6.07) is 12.0. The summed E-state index contributed by atoms with van der Waals surface area (Å²) in [5, 5.41) is 11.5. The Kier molecular flexibility index (Phi) is 3.45. The summed E-state index contributed by atoms with van der Waals surface area (Å²) in [6.07, 6.45) is 0. The van der Waals surface area contributed by atoms with Crippen molar-refractivity contribution in [2.24, 2.45) is 0 Å². The molecular formula is C12H7BrClNO2. The van der Waals surface area contributed by atoms with Crippen molar-refractivity contribution in [3.8, 4) is 11.1 Å².